The van der Waals surface area contributed by atoms with Crippen LogP contribution in [0.3, 0.4) is 0 Å². The molecule has 1 N–H and O–H groups in total. The Morgan fingerprint density at radius 3 is 2.92 bits per heavy atom. The van der Waals surface area contributed by atoms with E-state index in [4.69, 9.17) is 14.2 Å². The van der Waals surface area contributed by atoms with Crippen LogP contribution in [0, 0.1) is 0 Å². The second-order valence-electron chi connectivity index (χ2n) is 5.88. The highest BCUT2D eigenvalue weighted by Crippen LogP contribution is 2.32. The maximum Gasteiger partial charge on any atom is 0.306 e. The number of aromatic nitrogens is 2. The van der Waals surface area contributed by atoms with Gasteiger partial charge >= 0.3 is 5.97 Å². The van der Waals surface area contributed by atoms with Gasteiger partial charge in [0.1, 0.15) is 12.4 Å². The number of H-pyrrole nitrogens is 1. The van der Waals surface area contributed by atoms with Gasteiger partial charge in [0.2, 0.25) is 6.79 Å². The van der Waals surface area contributed by atoms with Crippen LogP contribution in [0.15, 0.2) is 47.3 Å². The number of hydrogen-bond acceptors (Lipinski definition) is 6. The van der Waals surface area contributed by atoms with E-state index in [1.807, 2.05) is 12.1 Å². The second kappa shape index (κ2) is 6.87. The Kier molecular flexibility index (Phi) is 4.27. The van der Waals surface area contributed by atoms with E-state index < -0.39 is 0 Å². The Hall–Kier alpha value is -3.35. The fraction of sp³-hybridized carbons (Fsp3) is 0.211. The number of fused-ring (bicyclic) bond motifs is 2. The van der Waals surface area contributed by atoms with Crippen molar-refractivity contribution in [3.05, 3.63) is 64.2 Å². The summed E-state index contributed by atoms with van der Waals surface area (Å²) >= 11 is 0. The molecular weight excluding hydrogens is 336 g/mol. The molecule has 1 aliphatic rings. The lowest BCUT2D eigenvalue weighted by Gasteiger charge is -2.06. The van der Waals surface area contributed by atoms with Gasteiger partial charge in [-0.2, -0.15) is 0 Å². The zero-order chi connectivity index (χ0) is 17.9. The molecule has 0 bridgehead atoms. The number of esters is 1. The summed E-state index contributed by atoms with van der Waals surface area (Å²) in [7, 11) is 0. The van der Waals surface area contributed by atoms with E-state index in [1.54, 1.807) is 30.3 Å². The largest absolute Gasteiger partial charge is 0.461 e. The van der Waals surface area contributed by atoms with Crippen LogP contribution in [0.25, 0.3) is 10.9 Å². The summed E-state index contributed by atoms with van der Waals surface area (Å²) in [5.41, 5.74) is 1.22. The average Bonchev–Trinajstić information content (AvgIpc) is 3.12. The van der Waals surface area contributed by atoms with Gasteiger partial charge in [0.25, 0.3) is 5.56 Å². The SMILES string of the molecule is O=C(CCc1nc2ccccc2c(=O)[nH]1)OCc1ccc2c(c1)OCO2. The molecule has 7 heteroatoms. The molecule has 0 unspecified atom stereocenters. The van der Waals surface area contributed by atoms with Gasteiger partial charge in [0.05, 0.1) is 17.3 Å². The number of rotatable bonds is 5. The molecule has 2 heterocycles. The average molecular weight is 352 g/mol. The molecule has 7 nitrogen and oxygen atoms in total. The number of nitrogens with zero attached hydrogens (tertiary/aromatic N) is 1. The third-order valence-electron chi connectivity index (χ3n) is 4.06. The molecule has 0 radical (unpaired) electrons. The van der Waals surface area contributed by atoms with E-state index in [-0.39, 0.29) is 31.3 Å². The number of aromatic amines is 1. The van der Waals surface area contributed by atoms with Crippen LogP contribution in [0.4, 0.5) is 0 Å². The lowest BCUT2D eigenvalue weighted by atomic mass is 10.2. The molecule has 4 rings (SSSR count). The molecule has 26 heavy (non-hydrogen) atoms. The van der Waals surface area contributed by atoms with Crippen molar-refractivity contribution in [1.29, 1.82) is 0 Å². The molecule has 1 aliphatic heterocycles. The van der Waals surface area contributed by atoms with Crippen molar-refractivity contribution in [1.82, 2.24) is 9.97 Å². The minimum atomic E-state index is -0.363. The van der Waals surface area contributed by atoms with Gasteiger partial charge in [0, 0.05) is 6.42 Å². The molecule has 2 aromatic carbocycles. The lowest BCUT2D eigenvalue weighted by Crippen LogP contribution is -2.13. The highest BCUT2D eigenvalue weighted by molar-refractivity contribution is 5.77. The van der Waals surface area contributed by atoms with Crippen molar-refractivity contribution in [2.75, 3.05) is 6.79 Å². The number of nitrogens with one attached hydrogen (secondary N) is 1. The topological polar surface area (TPSA) is 90.5 Å². The van der Waals surface area contributed by atoms with Crippen molar-refractivity contribution >= 4 is 16.9 Å². The predicted octanol–water partition coefficient (Wildman–Crippen LogP) is 2.33. The third-order valence-corrected chi connectivity index (χ3v) is 4.06. The summed E-state index contributed by atoms with van der Waals surface area (Å²) in [6.07, 6.45) is 0.436. The minimum Gasteiger partial charge on any atom is -0.461 e. The first kappa shape index (κ1) is 16.1. The first-order valence-electron chi connectivity index (χ1n) is 8.21. The molecule has 0 amide bonds. The summed E-state index contributed by atoms with van der Waals surface area (Å²) in [6.45, 7) is 0.354. The summed E-state index contributed by atoms with van der Waals surface area (Å²) in [4.78, 5) is 31.1. The fourth-order valence-corrected chi connectivity index (χ4v) is 2.74. The minimum absolute atomic E-state index is 0.131. The Morgan fingerprint density at radius 2 is 2.00 bits per heavy atom. The summed E-state index contributed by atoms with van der Waals surface area (Å²) in [6, 6.07) is 12.5. The molecule has 1 aromatic heterocycles. The van der Waals surface area contributed by atoms with Gasteiger partial charge in [-0.3, -0.25) is 9.59 Å². The number of para-hydroxylation sites is 1. The Bertz CT molecular complexity index is 1030. The van der Waals surface area contributed by atoms with Gasteiger partial charge in [-0.05, 0) is 29.8 Å². The van der Waals surface area contributed by atoms with Crippen molar-refractivity contribution in [2.45, 2.75) is 19.4 Å². The molecule has 0 fully saturated rings. The first-order chi connectivity index (χ1) is 12.7. The van der Waals surface area contributed by atoms with Crippen LogP contribution < -0.4 is 15.0 Å². The monoisotopic (exact) mass is 352 g/mol. The van der Waals surface area contributed by atoms with Gasteiger partial charge in [-0.15, -0.1) is 0 Å². The maximum absolute atomic E-state index is 12.0. The molecule has 0 saturated carbocycles. The number of aryl methyl sites for hydroxylation is 1. The van der Waals surface area contributed by atoms with Crippen molar-refractivity contribution < 1.29 is 19.0 Å². The third kappa shape index (κ3) is 3.37. The van der Waals surface area contributed by atoms with Crippen LogP contribution in [-0.4, -0.2) is 22.7 Å². The van der Waals surface area contributed by atoms with E-state index in [1.165, 1.54) is 0 Å². The van der Waals surface area contributed by atoms with Crippen LogP contribution >= 0.6 is 0 Å². The molecular formula is C19H16N2O5. The second-order valence-corrected chi connectivity index (χ2v) is 5.88. The van der Waals surface area contributed by atoms with Gasteiger partial charge < -0.3 is 19.2 Å². The van der Waals surface area contributed by atoms with Crippen LogP contribution in [0.5, 0.6) is 11.5 Å². The number of benzene rings is 2. The van der Waals surface area contributed by atoms with Crippen molar-refractivity contribution in [3.63, 3.8) is 0 Å². The van der Waals surface area contributed by atoms with E-state index in [0.717, 1.165) is 5.56 Å². The van der Waals surface area contributed by atoms with Crippen LogP contribution in [-0.2, 0) is 22.6 Å². The van der Waals surface area contributed by atoms with E-state index >= 15 is 0 Å². The first-order valence-corrected chi connectivity index (χ1v) is 8.21. The van der Waals surface area contributed by atoms with Gasteiger partial charge in [-0.25, -0.2) is 4.98 Å². The molecule has 132 valence electrons. The Balaban J connectivity index is 1.35. The van der Waals surface area contributed by atoms with Crippen molar-refractivity contribution in [3.8, 4) is 11.5 Å². The maximum atomic E-state index is 12.0. The normalized spacial score (nSPS) is 12.3. The fourth-order valence-electron chi connectivity index (χ4n) is 2.74. The quantitative estimate of drug-likeness (QED) is 0.709. The molecule has 3 aromatic rings. The molecule has 0 spiro atoms. The van der Waals surface area contributed by atoms with E-state index in [2.05, 4.69) is 9.97 Å². The van der Waals surface area contributed by atoms with Gasteiger partial charge in [0.15, 0.2) is 11.5 Å². The molecule has 0 aliphatic carbocycles. The standard InChI is InChI=1S/C19H16N2O5/c22-18(24-10-12-5-6-15-16(9-12)26-11-25-15)8-7-17-20-14-4-2-1-3-13(14)19(23)21-17/h1-6,9H,7-8,10-11H2,(H,20,21,23). The van der Waals surface area contributed by atoms with Gasteiger partial charge in [-0.1, -0.05) is 18.2 Å². The summed E-state index contributed by atoms with van der Waals surface area (Å²) < 4.78 is 15.8. The lowest BCUT2D eigenvalue weighted by molar-refractivity contribution is -0.144. The summed E-state index contributed by atoms with van der Waals surface area (Å²) in [5.74, 6) is 1.44. The highest BCUT2D eigenvalue weighted by atomic mass is 16.7. The number of hydrogen-bond donors (Lipinski definition) is 1. The Labute approximate surface area is 148 Å². The smallest absolute Gasteiger partial charge is 0.306 e. The Morgan fingerprint density at radius 1 is 1.15 bits per heavy atom. The predicted molar refractivity (Wildman–Crippen MR) is 93.0 cm³/mol. The number of carbonyl (C=O) groups is 1. The molecule has 0 atom stereocenters. The zero-order valence-corrected chi connectivity index (χ0v) is 13.9. The van der Waals surface area contributed by atoms with Crippen molar-refractivity contribution in [2.24, 2.45) is 0 Å². The van der Waals surface area contributed by atoms with E-state index in [0.29, 0.717) is 34.6 Å². The molecule has 0 saturated heterocycles. The summed E-state index contributed by atoms with van der Waals surface area (Å²) in [5, 5.41) is 0.529. The van der Waals surface area contributed by atoms with E-state index in [9.17, 15) is 9.59 Å². The number of carbonyl (C=O) groups excluding carboxylic acids is 1. The van der Waals surface area contributed by atoms with Crippen LogP contribution in [0.1, 0.15) is 17.8 Å². The number of ether oxygens (including phenoxy) is 3. The highest BCUT2D eigenvalue weighted by Gasteiger charge is 2.14. The zero-order valence-electron chi connectivity index (χ0n) is 13.9. The van der Waals surface area contributed by atoms with Crippen LogP contribution in [0.2, 0.25) is 0 Å².